The van der Waals surface area contributed by atoms with Gasteiger partial charge in [-0.05, 0) is 47.9 Å². The third kappa shape index (κ3) is 8.65. The Labute approximate surface area is 305 Å². The highest BCUT2D eigenvalue weighted by Crippen LogP contribution is 2.39. The number of alkyl carbamates (subject to hydrolysis) is 1. The molecule has 2 aromatic heterocycles. The third-order valence-corrected chi connectivity index (χ3v) is 10.1. The van der Waals surface area contributed by atoms with Crippen LogP contribution in [-0.4, -0.2) is 50.6 Å². The zero-order chi connectivity index (χ0) is 36.9. The molecule has 4 aromatic rings. The van der Waals surface area contributed by atoms with Crippen molar-refractivity contribution in [1.82, 2.24) is 31.1 Å². The Morgan fingerprint density at radius 1 is 1.02 bits per heavy atom. The zero-order valence-electron chi connectivity index (χ0n) is 29.2. The molecule has 4 amide bonds. The third-order valence-electron chi connectivity index (χ3n) is 9.57. The van der Waals surface area contributed by atoms with Crippen LogP contribution < -0.4 is 21.3 Å². The first-order chi connectivity index (χ1) is 24.3. The Balaban J connectivity index is 1.48. The van der Waals surface area contributed by atoms with Crippen LogP contribution in [-0.2, 0) is 38.6 Å². The number of rotatable bonds is 13. The van der Waals surface area contributed by atoms with Gasteiger partial charge in [0, 0.05) is 29.4 Å². The monoisotopic (exact) mass is 739 g/mol. The van der Waals surface area contributed by atoms with Gasteiger partial charge in [0.2, 0.25) is 23.6 Å². The summed E-state index contributed by atoms with van der Waals surface area (Å²) in [6.07, 6.45) is 1.15. The first-order valence-corrected chi connectivity index (χ1v) is 17.8. The molecule has 1 aliphatic carbocycles. The van der Waals surface area contributed by atoms with E-state index in [1.54, 1.807) is 12.1 Å². The number of H-pyrrole nitrogens is 1. The van der Waals surface area contributed by atoms with Crippen LogP contribution in [0.2, 0.25) is 10.0 Å². The molecule has 15 heteroatoms. The molecule has 0 saturated carbocycles. The highest BCUT2D eigenvalue weighted by molar-refractivity contribution is 6.38. The highest BCUT2D eigenvalue weighted by atomic mass is 35.5. The number of aromatic amines is 1. The molecular formula is C36H43Cl2N7O6. The molecular weight excluding hydrogens is 697 g/mol. The summed E-state index contributed by atoms with van der Waals surface area (Å²) < 4.78 is 11.2. The summed E-state index contributed by atoms with van der Waals surface area (Å²) in [5, 5.41) is 21.0. The van der Waals surface area contributed by atoms with Gasteiger partial charge in [0.15, 0.2) is 0 Å². The maximum atomic E-state index is 14.7. The van der Waals surface area contributed by atoms with Gasteiger partial charge in [-0.1, -0.05) is 99.2 Å². The van der Waals surface area contributed by atoms with E-state index in [1.807, 2.05) is 58.0 Å². The second kappa shape index (κ2) is 16.2. The van der Waals surface area contributed by atoms with Crippen LogP contribution in [0, 0.1) is 11.8 Å². The molecule has 51 heavy (non-hydrogen) atoms. The van der Waals surface area contributed by atoms with Gasteiger partial charge >= 0.3 is 12.1 Å². The van der Waals surface area contributed by atoms with E-state index in [0.717, 1.165) is 22.2 Å². The van der Waals surface area contributed by atoms with E-state index in [2.05, 4.69) is 36.4 Å². The maximum absolute atomic E-state index is 14.7. The fourth-order valence-electron chi connectivity index (χ4n) is 6.26. The lowest BCUT2D eigenvalue weighted by atomic mass is 9.78. The number of ether oxygens (including phenoxy) is 1. The van der Waals surface area contributed by atoms with Crippen LogP contribution in [0.25, 0.3) is 10.9 Å². The molecule has 2 heterocycles. The summed E-state index contributed by atoms with van der Waals surface area (Å²) in [5.41, 5.74) is 1.66. The molecule has 0 spiro atoms. The number of benzene rings is 2. The number of carbonyl (C=O) groups excluding carboxylic acids is 4. The Morgan fingerprint density at radius 2 is 1.75 bits per heavy atom. The van der Waals surface area contributed by atoms with Gasteiger partial charge in [-0.2, -0.15) is 0 Å². The predicted molar refractivity (Wildman–Crippen MR) is 193 cm³/mol. The molecule has 5 N–H and O–H groups in total. The van der Waals surface area contributed by atoms with Crippen molar-refractivity contribution < 1.29 is 28.3 Å². The lowest BCUT2D eigenvalue weighted by Gasteiger charge is -2.39. The van der Waals surface area contributed by atoms with E-state index in [4.69, 9.17) is 32.4 Å². The number of nitrogens with one attached hydrogen (secondary N) is 5. The van der Waals surface area contributed by atoms with Gasteiger partial charge in [-0.3, -0.25) is 19.7 Å². The quantitative estimate of drug-likeness (QED) is 0.104. The molecule has 0 saturated heterocycles. The van der Waals surface area contributed by atoms with Crippen molar-refractivity contribution in [3.05, 3.63) is 75.2 Å². The maximum Gasteiger partial charge on any atom is 0.408 e. The summed E-state index contributed by atoms with van der Waals surface area (Å²) in [6.45, 7) is 8.98. The molecule has 4 unspecified atom stereocenters. The molecule has 0 radical (unpaired) electrons. The van der Waals surface area contributed by atoms with Gasteiger partial charge in [-0.25, -0.2) is 4.79 Å². The summed E-state index contributed by atoms with van der Waals surface area (Å²) in [6, 6.07) is 10.8. The van der Waals surface area contributed by atoms with Crippen molar-refractivity contribution in [2.75, 3.05) is 5.32 Å². The van der Waals surface area contributed by atoms with Gasteiger partial charge in [0.1, 0.15) is 24.2 Å². The standard InChI is InChI=1S/C36H43Cl2N7O6/c1-6-19(3)28(42-35(49)50-18-22-11-9-8-10-12-22)31(47)43-36(14-13-27-25(17-36)24-15-23(37)16-26(38)30(24)40-27)33(48)41-29(20(4)7-2)32-44-45-34(51-32)39-21(5)46/h8-12,15-16,19-20,28-29,40H,6-7,13-14,17-18H2,1-5H3,(H,41,48)(H,42,49)(H,43,47)(H,39,45,46)/t19?,20?,28?,29?,36-/m1/s1. The molecule has 2 aromatic carbocycles. The van der Waals surface area contributed by atoms with Gasteiger partial charge < -0.3 is 30.1 Å². The number of fused-ring (bicyclic) bond motifs is 3. The van der Waals surface area contributed by atoms with Crippen LogP contribution in [0.15, 0.2) is 46.9 Å². The van der Waals surface area contributed by atoms with Crippen LogP contribution in [0.5, 0.6) is 0 Å². The van der Waals surface area contributed by atoms with Gasteiger partial charge in [-0.15, -0.1) is 5.10 Å². The van der Waals surface area contributed by atoms with Crippen molar-refractivity contribution in [2.45, 2.75) is 91.0 Å². The lowest BCUT2D eigenvalue weighted by molar-refractivity contribution is -0.136. The topological polar surface area (TPSA) is 180 Å². The summed E-state index contributed by atoms with van der Waals surface area (Å²) in [4.78, 5) is 57.0. The van der Waals surface area contributed by atoms with Gasteiger partial charge in [0.25, 0.3) is 0 Å². The number of aromatic nitrogens is 3. The molecule has 272 valence electrons. The van der Waals surface area contributed by atoms with E-state index in [0.29, 0.717) is 34.8 Å². The molecule has 5 atom stereocenters. The molecule has 13 nitrogen and oxygen atoms in total. The molecule has 0 aliphatic heterocycles. The van der Waals surface area contributed by atoms with E-state index < -0.39 is 35.5 Å². The molecule has 0 fully saturated rings. The van der Waals surface area contributed by atoms with Crippen LogP contribution in [0.3, 0.4) is 0 Å². The predicted octanol–water partition coefficient (Wildman–Crippen LogP) is 6.40. The summed E-state index contributed by atoms with van der Waals surface area (Å²) >= 11 is 13.0. The van der Waals surface area contributed by atoms with Crippen LogP contribution in [0.1, 0.15) is 82.6 Å². The fourth-order valence-corrected chi connectivity index (χ4v) is 6.80. The number of aryl methyl sites for hydroxylation is 1. The number of anilines is 1. The number of amides is 4. The minimum atomic E-state index is -1.48. The molecule has 0 bridgehead atoms. The summed E-state index contributed by atoms with van der Waals surface area (Å²) in [7, 11) is 0. The number of halogens is 2. The number of carbonyl (C=O) groups is 4. The minimum absolute atomic E-state index is 0.0264. The van der Waals surface area contributed by atoms with Crippen molar-refractivity contribution in [3.8, 4) is 0 Å². The van der Waals surface area contributed by atoms with Crippen molar-refractivity contribution >= 4 is 63.9 Å². The Hall–Kier alpha value is -4.62. The number of hydrogen-bond acceptors (Lipinski definition) is 8. The highest BCUT2D eigenvalue weighted by Gasteiger charge is 2.47. The zero-order valence-corrected chi connectivity index (χ0v) is 30.7. The Bertz CT molecular complexity index is 1900. The smallest absolute Gasteiger partial charge is 0.408 e. The van der Waals surface area contributed by atoms with E-state index in [1.165, 1.54) is 6.92 Å². The lowest BCUT2D eigenvalue weighted by Crippen LogP contribution is -2.65. The largest absolute Gasteiger partial charge is 0.445 e. The van der Waals surface area contributed by atoms with Gasteiger partial charge in [0.05, 0.1) is 10.5 Å². The first kappa shape index (κ1) is 37.6. The average Bonchev–Trinajstić information content (AvgIpc) is 3.72. The van der Waals surface area contributed by atoms with E-state index >= 15 is 0 Å². The molecule has 5 rings (SSSR count). The SMILES string of the molecule is CCC(C)C(NC(=O)OCc1ccccc1)C(=O)N[C@]1(C(=O)NC(c2nnc(NC(C)=O)o2)C(C)CC)CCc2[nH]c3c(Cl)cc(Cl)cc3c2C1. The average molecular weight is 741 g/mol. The fraction of sp³-hybridized carbons (Fsp3) is 0.444. The number of nitrogens with zero attached hydrogens (tertiary/aromatic N) is 2. The summed E-state index contributed by atoms with van der Waals surface area (Å²) in [5.74, 6) is -1.79. The normalized spacial score (nSPS) is 17.8. The first-order valence-electron chi connectivity index (χ1n) is 17.0. The van der Waals surface area contributed by atoms with Crippen molar-refractivity contribution in [1.29, 1.82) is 0 Å². The second-order valence-electron chi connectivity index (χ2n) is 13.2. The van der Waals surface area contributed by atoms with Crippen LogP contribution in [0.4, 0.5) is 10.8 Å². The Kier molecular flexibility index (Phi) is 11.9. The van der Waals surface area contributed by atoms with Crippen LogP contribution >= 0.6 is 23.2 Å². The van der Waals surface area contributed by atoms with Crippen molar-refractivity contribution in [2.24, 2.45) is 11.8 Å². The minimum Gasteiger partial charge on any atom is -0.445 e. The Morgan fingerprint density at radius 3 is 2.43 bits per heavy atom. The van der Waals surface area contributed by atoms with E-state index in [9.17, 15) is 19.2 Å². The number of hydrogen-bond donors (Lipinski definition) is 5. The van der Waals surface area contributed by atoms with Crippen molar-refractivity contribution in [3.63, 3.8) is 0 Å². The van der Waals surface area contributed by atoms with E-state index in [-0.39, 0.29) is 49.1 Å². The second-order valence-corrected chi connectivity index (χ2v) is 14.0. The molecule has 1 aliphatic rings.